The van der Waals surface area contributed by atoms with Crippen molar-refractivity contribution in [1.82, 2.24) is 5.32 Å². The SMILES string of the molecule is CC1(CNC(=O)CCOc2ccc(N)cc2)CC1. The van der Waals surface area contributed by atoms with Crippen LogP contribution in [0.2, 0.25) is 0 Å². The van der Waals surface area contributed by atoms with E-state index in [0.29, 0.717) is 24.1 Å². The molecule has 1 aromatic rings. The summed E-state index contributed by atoms with van der Waals surface area (Å²) in [7, 11) is 0. The first-order chi connectivity index (χ1) is 8.57. The molecule has 0 aromatic heterocycles. The summed E-state index contributed by atoms with van der Waals surface area (Å²) < 4.78 is 5.46. The maximum absolute atomic E-state index is 11.6. The second-order valence-electron chi connectivity index (χ2n) is 5.25. The van der Waals surface area contributed by atoms with Gasteiger partial charge in [0.05, 0.1) is 13.0 Å². The fourth-order valence-electron chi connectivity index (χ4n) is 1.62. The van der Waals surface area contributed by atoms with Crippen LogP contribution in [0.3, 0.4) is 0 Å². The van der Waals surface area contributed by atoms with Crippen molar-refractivity contribution in [3.63, 3.8) is 0 Å². The van der Waals surface area contributed by atoms with E-state index in [2.05, 4.69) is 12.2 Å². The van der Waals surface area contributed by atoms with E-state index in [-0.39, 0.29) is 5.91 Å². The molecule has 0 bridgehead atoms. The molecule has 0 unspecified atom stereocenters. The lowest BCUT2D eigenvalue weighted by Crippen LogP contribution is -2.29. The van der Waals surface area contributed by atoms with Crippen LogP contribution >= 0.6 is 0 Å². The van der Waals surface area contributed by atoms with Gasteiger partial charge in [0, 0.05) is 12.2 Å². The van der Waals surface area contributed by atoms with Gasteiger partial charge in [0.15, 0.2) is 0 Å². The molecule has 98 valence electrons. The average molecular weight is 248 g/mol. The molecule has 1 fully saturated rings. The summed E-state index contributed by atoms with van der Waals surface area (Å²) in [5, 5.41) is 2.94. The first-order valence-corrected chi connectivity index (χ1v) is 6.32. The number of nitrogens with one attached hydrogen (secondary N) is 1. The van der Waals surface area contributed by atoms with E-state index >= 15 is 0 Å². The molecular formula is C14H20N2O2. The van der Waals surface area contributed by atoms with E-state index in [1.807, 2.05) is 0 Å². The van der Waals surface area contributed by atoms with E-state index in [1.165, 1.54) is 12.8 Å². The van der Waals surface area contributed by atoms with E-state index in [4.69, 9.17) is 10.5 Å². The highest BCUT2D eigenvalue weighted by atomic mass is 16.5. The minimum Gasteiger partial charge on any atom is -0.493 e. The minimum absolute atomic E-state index is 0.0542. The highest BCUT2D eigenvalue weighted by Gasteiger charge is 2.37. The summed E-state index contributed by atoms with van der Waals surface area (Å²) in [5.41, 5.74) is 6.63. The van der Waals surface area contributed by atoms with Gasteiger partial charge in [0.2, 0.25) is 5.91 Å². The van der Waals surface area contributed by atoms with Gasteiger partial charge in [-0.3, -0.25) is 4.79 Å². The van der Waals surface area contributed by atoms with Crippen molar-refractivity contribution in [2.75, 3.05) is 18.9 Å². The smallest absolute Gasteiger partial charge is 0.223 e. The Morgan fingerprint density at radius 2 is 2.06 bits per heavy atom. The highest BCUT2D eigenvalue weighted by molar-refractivity contribution is 5.76. The van der Waals surface area contributed by atoms with E-state index in [0.717, 1.165) is 12.3 Å². The fraction of sp³-hybridized carbons (Fsp3) is 0.500. The Hall–Kier alpha value is -1.71. The Bertz CT molecular complexity index is 410. The second kappa shape index (κ2) is 5.29. The third-order valence-electron chi connectivity index (χ3n) is 3.29. The number of amides is 1. The minimum atomic E-state index is 0.0542. The van der Waals surface area contributed by atoms with Crippen LogP contribution in [0.25, 0.3) is 0 Å². The van der Waals surface area contributed by atoms with Crippen molar-refractivity contribution in [3.8, 4) is 5.75 Å². The summed E-state index contributed by atoms with van der Waals surface area (Å²) >= 11 is 0. The summed E-state index contributed by atoms with van der Waals surface area (Å²) in [5.74, 6) is 0.796. The van der Waals surface area contributed by atoms with Crippen LogP contribution in [0, 0.1) is 5.41 Å². The Morgan fingerprint density at radius 1 is 1.39 bits per heavy atom. The molecule has 1 aliphatic carbocycles. The summed E-state index contributed by atoms with van der Waals surface area (Å²) in [4.78, 5) is 11.6. The fourth-order valence-corrected chi connectivity index (χ4v) is 1.62. The molecule has 0 heterocycles. The van der Waals surface area contributed by atoms with Gasteiger partial charge in [0.25, 0.3) is 0 Å². The molecule has 1 saturated carbocycles. The lowest BCUT2D eigenvalue weighted by molar-refractivity contribution is -0.121. The van der Waals surface area contributed by atoms with Gasteiger partial charge < -0.3 is 15.8 Å². The third-order valence-corrected chi connectivity index (χ3v) is 3.29. The first-order valence-electron chi connectivity index (χ1n) is 6.32. The Morgan fingerprint density at radius 3 is 2.67 bits per heavy atom. The van der Waals surface area contributed by atoms with Crippen LogP contribution in [-0.2, 0) is 4.79 Å². The number of anilines is 1. The van der Waals surface area contributed by atoms with Gasteiger partial charge >= 0.3 is 0 Å². The van der Waals surface area contributed by atoms with Crippen LogP contribution in [0.4, 0.5) is 5.69 Å². The highest BCUT2D eigenvalue weighted by Crippen LogP contribution is 2.43. The monoisotopic (exact) mass is 248 g/mol. The van der Waals surface area contributed by atoms with Gasteiger partial charge in [-0.2, -0.15) is 0 Å². The van der Waals surface area contributed by atoms with Crippen molar-refractivity contribution in [3.05, 3.63) is 24.3 Å². The number of nitrogen functional groups attached to an aromatic ring is 1. The van der Waals surface area contributed by atoms with Crippen LogP contribution in [0.15, 0.2) is 24.3 Å². The van der Waals surface area contributed by atoms with Gasteiger partial charge in [-0.1, -0.05) is 6.92 Å². The number of ether oxygens (including phenoxy) is 1. The molecule has 0 radical (unpaired) electrons. The Kier molecular flexibility index (Phi) is 3.75. The number of carbonyl (C=O) groups is 1. The lowest BCUT2D eigenvalue weighted by atomic mass is 10.1. The number of rotatable bonds is 6. The molecule has 4 nitrogen and oxygen atoms in total. The number of carbonyl (C=O) groups excluding carboxylic acids is 1. The summed E-state index contributed by atoms with van der Waals surface area (Å²) in [6.45, 7) is 3.37. The molecule has 1 aliphatic rings. The average Bonchev–Trinajstić information content (AvgIpc) is 3.08. The summed E-state index contributed by atoms with van der Waals surface area (Å²) in [6.07, 6.45) is 2.82. The molecule has 0 aliphatic heterocycles. The zero-order chi connectivity index (χ0) is 13.0. The maximum atomic E-state index is 11.6. The van der Waals surface area contributed by atoms with E-state index in [1.54, 1.807) is 24.3 Å². The van der Waals surface area contributed by atoms with Crippen LogP contribution in [0.5, 0.6) is 5.75 Å². The largest absolute Gasteiger partial charge is 0.493 e. The third kappa shape index (κ3) is 3.95. The maximum Gasteiger partial charge on any atom is 0.223 e. The summed E-state index contributed by atoms with van der Waals surface area (Å²) in [6, 6.07) is 7.17. The van der Waals surface area contributed by atoms with Gasteiger partial charge in [-0.15, -0.1) is 0 Å². The number of hydrogen-bond donors (Lipinski definition) is 2. The van der Waals surface area contributed by atoms with Crippen LogP contribution in [-0.4, -0.2) is 19.1 Å². The van der Waals surface area contributed by atoms with Crippen molar-refractivity contribution in [2.45, 2.75) is 26.2 Å². The molecular weight excluding hydrogens is 228 g/mol. The molecule has 0 spiro atoms. The van der Waals surface area contributed by atoms with Crippen LogP contribution in [0.1, 0.15) is 26.2 Å². The van der Waals surface area contributed by atoms with Crippen molar-refractivity contribution in [2.24, 2.45) is 5.41 Å². The topological polar surface area (TPSA) is 64.3 Å². The standard InChI is InChI=1S/C14H20N2O2/c1-14(7-8-14)10-16-13(17)6-9-18-12-4-2-11(15)3-5-12/h2-5H,6-10,15H2,1H3,(H,16,17). The quantitative estimate of drug-likeness (QED) is 0.756. The Labute approximate surface area is 108 Å². The van der Waals surface area contributed by atoms with E-state index in [9.17, 15) is 4.79 Å². The lowest BCUT2D eigenvalue weighted by Gasteiger charge is -2.10. The number of nitrogens with two attached hydrogens (primary N) is 1. The molecule has 1 amide bonds. The number of hydrogen-bond acceptors (Lipinski definition) is 3. The number of benzene rings is 1. The molecule has 1 aromatic carbocycles. The predicted octanol–water partition coefficient (Wildman–Crippen LogP) is 1.95. The van der Waals surface area contributed by atoms with Gasteiger partial charge in [0.1, 0.15) is 5.75 Å². The first kappa shape index (κ1) is 12.7. The second-order valence-corrected chi connectivity index (χ2v) is 5.25. The molecule has 0 saturated heterocycles. The van der Waals surface area contributed by atoms with E-state index < -0.39 is 0 Å². The zero-order valence-corrected chi connectivity index (χ0v) is 10.7. The molecule has 4 heteroatoms. The Balaban J connectivity index is 1.62. The molecule has 3 N–H and O–H groups in total. The van der Waals surface area contributed by atoms with Gasteiger partial charge in [-0.05, 0) is 42.5 Å². The molecule has 2 rings (SSSR count). The normalized spacial score (nSPS) is 16.1. The molecule has 0 atom stereocenters. The molecule has 18 heavy (non-hydrogen) atoms. The van der Waals surface area contributed by atoms with Crippen molar-refractivity contribution < 1.29 is 9.53 Å². The predicted molar refractivity (Wildman–Crippen MR) is 71.3 cm³/mol. The van der Waals surface area contributed by atoms with Crippen LogP contribution < -0.4 is 15.8 Å². The van der Waals surface area contributed by atoms with Gasteiger partial charge in [-0.25, -0.2) is 0 Å². The van der Waals surface area contributed by atoms with Crippen molar-refractivity contribution >= 4 is 11.6 Å². The van der Waals surface area contributed by atoms with Crippen molar-refractivity contribution in [1.29, 1.82) is 0 Å². The zero-order valence-electron chi connectivity index (χ0n) is 10.7.